The number of nitrogen functional groups attached to an aromatic ring is 1. The van der Waals surface area contributed by atoms with Gasteiger partial charge in [0, 0.05) is 35.9 Å². The number of hydrogen-bond donors (Lipinski definition) is 2. The zero-order valence-electron chi connectivity index (χ0n) is 11.7. The highest BCUT2D eigenvalue weighted by molar-refractivity contribution is 7.89. The van der Waals surface area contributed by atoms with E-state index in [1.165, 1.54) is 10.5 Å². The van der Waals surface area contributed by atoms with Gasteiger partial charge in [-0.15, -0.1) is 0 Å². The van der Waals surface area contributed by atoms with Crippen molar-refractivity contribution in [2.45, 2.75) is 18.7 Å². The number of aromatic amines is 1. The molecule has 1 aromatic heterocycles. The van der Waals surface area contributed by atoms with E-state index in [4.69, 9.17) is 5.73 Å². The van der Waals surface area contributed by atoms with Crippen LogP contribution >= 0.6 is 0 Å². The molecule has 0 spiro atoms. The normalized spacial score (nSPS) is 12.2. The number of hydrogen-bond acceptors (Lipinski definition) is 3. The summed E-state index contributed by atoms with van der Waals surface area (Å²) in [5.41, 5.74) is 7.84. The second-order valence-electron chi connectivity index (χ2n) is 4.85. The van der Waals surface area contributed by atoms with Gasteiger partial charge in [0.05, 0.1) is 0 Å². The van der Waals surface area contributed by atoms with Gasteiger partial charge in [0.25, 0.3) is 0 Å². The second kappa shape index (κ2) is 5.30. The number of nitrogens with two attached hydrogens (primary N) is 1. The highest BCUT2D eigenvalue weighted by Crippen LogP contribution is 2.27. The summed E-state index contributed by atoms with van der Waals surface area (Å²) in [5.74, 6) is 0. The van der Waals surface area contributed by atoms with Crippen LogP contribution in [0.15, 0.2) is 41.4 Å². The summed E-state index contributed by atoms with van der Waals surface area (Å²) in [6.07, 6.45) is 1.51. The quantitative estimate of drug-likeness (QED) is 0.656. The van der Waals surface area contributed by atoms with Gasteiger partial charge in [-0.25, -0.2) is 8.42 Å². The Labute approximate surface area is 119 Å². The van der Waals surface area contributed by atoms with E-state index in [9.17, 15) is 8.42 Å². The molecule has 3 N–H and O–H groups in total. The Hall–Kier alpha value is -1.79. The number of anilines is 1. The van der Waals surface area contributed by atoms with Gasteiger partial charge in [0.1, 0.15) is 4.90 Å². The van der Waals surface area contributed by atoms with Gasteiger partial charge in [-0.3, -0.25) is 0 Å². The maximum atomic E-state index is 12.7. The van der Waals surface area contributed by atoms with Gasteiger partial charge in [-0.1, -0.05) is 19.1 Å². The van der Waals surface area contributed by atoms with Crippen molar-refractivity contribution in [3.8, 4) is 0 Å². The predicted molar refractivity (Wildman–Crippen MR) is 82.0 cm³/mol. The summed E-state index contributed by atoms with van der Waals surface area (Å²) in [7, 11) is -3.56. The fourth-order valence-electron chi connectivity index (χ4n) is 2.13. The third kappa shape index (κ3) is 2.57. The van der Waals surface area contributed by atoms with Gasteiger partial charge in [0.2, 0.25) is 10.0 Å². The van der Waals surface area contributed by atoms with Crippen LogP contribution in [0.3, 0.4) is 0 Å². The zero-order chi connectivity index (χ0) is 14.9. The van der Waals surface area contributed by atoms with Crippen LogP contribution in [-0.2, 0) is 10.0 Å². The summed E-state index contributed by atoms with van der Waals surface area (Å²) in [4.78, 5) is 3.22. The minimum Gasteiger partial charge on any atom is -0.399 e. The molecule has 0 aliphatic rings. The van der Waals surface area contributed by atoms with Crippen molar-refractivity contribution in [2.24, 2.45) is 0 Å². The Bertz CT molecular complexity index is 747. The highest BCUT2D eigenvalue weighted by Gasteiger charge is 2.26. The molecule has 0 radical (unpaired) electrons. The molecule has 0 atom stereocenters. The molecule has 108 valence electrons. The van der Waals surface area contributed by atoms with Crippen molar-refractivity contribution in [3.63, 3.8) is 0 Å². The molecular formula is C14H19N3O2S. The number of nitrogens with zero attached hydrogens (tertiary/aromatic N) is 1. The standard InChI is InChI=1S/C14H19N3O2S/c1-4-17(9-10(2)3)20(18,19)14-8-16-13-6-5-11(15)7-12(13)14/h5-8,16H,2,4,9,15H2,1,3H3. The Balaban J connectivity index is 2.56. The number of benzene rings is 1. The number of sulfonamides is 1. The smallest absolute Gasteiger partial charge is 0.245 e. The summed E-state index contributed by atoms with van der Waals surface area (Å²) < 4.78 is 26.8. The van der Waals surface area contributed by atoms with Crippen molar-refractivity contribution >= 4 is 26.6 Å². The molecule has 0 aliphatic carbocycles. The summed E-state index contributed by atoms with van der Waals surface area (Å²) in [5, 5.41) is 0.616. The topological polar surface area (TPSA) is 79.2 Å². The fraction of sp³-hybridized carbons (Fsp3) is 0.286. The molecule has 1 aromatic carbocycles. The zero-order valence-corrected chi connectivity index (χ0v) is 12.5. The van der Waals surface area contributed by atoms with Crippen LogP contribution in [0.2, 0.25) is 0 Å². The molecule has 0 aliphatic heterocycles. The molecule has 0 saturated heterocycles. The lowest BCUT2D eigenvalue weighted by atomic mass is 10.2. The molecule has 0 unspecified atom stereocenters. The first-order chi connectivity index (χ1) is 9.36. The summed E-state index contributed by atoms with van der Waals surface area (Å²) in [6.45, 7) is 8.11. The van der Waals surface area contributed by atoms with Gasteiger partial charge >= 0.3 is 0 Å². The second-order valence-corrected chi connectivity index (χ2v) is 6.75. The van der Waals surface area contributed by atoms with Crippen LogP contribution < -0.4 is 5.73 Å². The van der Waals surface area contributed by atoms with Crippen molar-refractivity contribution < 1.29 is 8.42 Å². The Morgan fingerprint density at radius 2 is 2.15 bits per heavy atom. The van der Waals surface area contributed by atoms with E-state index in [0.29, 0.717) is 24.2 Å². The molecule has 5 nitrogen and oxygen atoms in total. The summed E-state index contributed by atoms with van der Waals surface area (Å²) in [6, 6.07) is 5.19. The van der Waals surface area contributed by atoms with Crippen LogP contribution in [0.5, 0.6) is 0 Å². The third-order valence-electron chi connectivity index (χ3n) is 3.08. The third-order valence-corrected chi connectivity index (χ3v) is 5.05. The maximum Gasteiger partial charge on any atom is 0.245 e. The first-order valence-electron chi connectivity index (χ1n) is 6.37. The van der Waals surface area contributed by atoms with Crippen molar-refractivity contribution in [3.05, 3.63) is 36.5 Å². The van der Waals surface area contributed by atoms with E-state index < -0.39 is 10.0 Å². The largest absolute Gasteiger partial charge is 0.399 e. The maximum absolute atomic E-state index is 12.7. The lowest BCUT2D eigenvalue weighted by Crippen LogP contribution is -2.32. The van der Waals surface area contributed by atoms with E-state index >= 15 is 0 Å². The molecule has 2 aromatic rings. The minimum absolute atomic E-state index is 0.253. The van der Waals surface area contributed by atoms with Crippen molar-refractivity contribution in [1.29, 1.82) is 0 Å². The molecule has 20 heavy (non-hydrogen) atoms. The van der Waals surface area contributed by atoms with E-state index in [1.807, 2.05) is 13.8 Å². The SMILES string of the molecule is C=C(C)CN(CC)S(=O)(=O)c1c[nH]c2ccc(N)cc12. The molecule has 0 amide bonds. The average molecular weight is 293 g/mol. The van der Waals surface area contributed by atoms with Crippen LogP contribution in [0, 0.1) is 0 Å². The van der Waals surface area contributed by atoms with Gasteiger partial charge in [-0.05, 0) is 25.1 Å². The van der Waals surface area contributed by atoms with Gasteiger partial charge < -0.3 is 10.7 Å². The molecular weight excluding hydrogens is 274 g/mol. The van der Waals surface area contributed by atoms with Crippen molar-refractivity contribution in [1.82, 2.24) is 9.29 Å². The Morgan fingerprint density at radius 3 is 2.75 bits per heavy atom. The van der Waals surface area contributed by atoms with Crippen LogP contribution in [0.25, 0.3) is 10.9 Å². The highest BCUT2D eigenvalue weighted by atomic mass is 32.2. The van der Waals surface area contributed by atoms with E-state index in [-0.39, 0.29) is 4.90 Å². The Morgan fingerprint density at radius 1 is 1.45 bits per heavy atom. The minimum atomic E-state index is -3.56. The Kier molecular flexibility index (Phi) is 3.87. The average Bonchev–Trinajstić information content (AvgIpc) is 2.78. The lowest BCUT2D eigenvalue weighted by molar-refractivity contribution is 0.453. The van der Waals surface area contributed by atoms with Crippen LogP contribution in [0.1, 0.15) is 13.8 Å². The van der Waals surface area contributed by atoms with E-state index in [0.717, 1.165) is 11.1 Å². The monoisotopic (exact) mass is 293 g/mol. The number of aromatic nitrogens is 1. The molecule has 0 saturated carbocycles. The number of H-pyrrole nitrogens is 1. The number of nitrogens with one attached hydrogen (secondary N) is 1. The fourth-order valence-corrected chi connectivity index (χ4v) is 3.80. The lowest BCUT2D eigenvalue weighted by Gasteiger charge is -2.20. The molecule has 0 fully saturated rings. The van der Waals surface area contributed by atoms with Gasteiger partial charge in [0.15, 0.2) is 0 Å². The number of likely N-dealkylation sites (N-methyl/N-ethyl adjacent to an activating group) is 1. The first kappa shape index (κ1) is 14.6. The molecule has 2 rings (SSSR count). The molecule has 0 bridgehead atoms. The van der Waals surface area contributed by atoms with Crippen LogP contribution in [-0.4, -0.2) is 30.8 Å². The number of rotatable bonds is 5. The van der Waals surface area contributed by atoms with Crippen molar-refractivity contribution in [2.75, 3.05) is 18.8 Å². The van der Waals surface area contributed by atoms with Crippen LogP contribution in [0.4, 0.5) is 5.69 Å². The summed E-state index contributed by atoms with van der Waals surface area (Å²) >= 11 is 0. The number of fused-ring (bicyclic) bond motifs is 1. The van der Waals surface area contributed by atoms with E-state index in [2.05, 4.69) is 11.6 Å². The molecule has 6 heteroatoms. The predicted octanol–water partition coefficient (Wildman–Crippen LogP) is 2.34. The first-order valence-corrected chi connectivity index (χ1v) is 7.81. The van der Waals surface area contributed by atoms with Gasteiger partial charge in [-0.2, -0.15) is 4.31 Å². The van der Waals surface area contributed by atoms with E-state index in [1.54, 1.807) is 18.2 Å². The molecule has 1 heterocycles.